The van der Waals surface area contributed by atoms with Gasteiger partial charge < -0.3 is 19.6 Å². The van der Waals surface area contributed by atoms with Crippen molar-refractivity contribution in [2.75, 3.05) is 14.2 Å². The van der Waals surface area contributed by atoms with E-state index in [-0.39, 0.29) is 0 Å². The Balaban J connectivity index is 2.36. The second-order valence-electron chi connectivity index (χ2n) is 4.62. The van der Waals surface area contributed by atoms with E-state index >= 15 is 0 Å². The number of rotatable bonds is 5. The van der Waals surface area contributed by atoms with Crippen LogP contribution in [0.2, 0.25) is 0 Å². The molecule has 0 spiro atoms. The molecule has 0 aliphatic heterocycles. The lowest BCUT2D eigenvalue weighted by Gasteiger charge is -2.28. The molecule has 1 heterocycles. The van der Waals surface area contributed by atoms with Crippen molar-refractivity contribution < 1.29 is 14.6 Å². The standard InChI is InChI=1S/C14H19NO3/c1-14(16,9-13(17-2)18-3)11-5-4-6-12-10(11)7-8-15-12/h4-8,13,15-16H,9H2,1-3H3. The summed E-state index contributed by atoms with van der Waals surface area (Å²) in [6.07, 6.45) is 1.83. The molecule has 0 aliphatic rings. The van der Waals surface area contributed by atoms with E-state index in [0.717, 1.165) is 16.5 Å². The molecule has 0 saturated carbocycles. The number of hydrogen-bond acceptors (Lipinski definition) is 3. The van der Waals surface area contributed by atoms with Crippen LogP contribution in [-0.4, -0.2) is 30.6 Å². The van der Waals surface area contributed by atoms with E-state index in [1.807, 2.05) is 30.5 Å². The fourth-order valence-electron chi connectivity index (χ4n) is 2.25. The zero-order valence-electron chi connectivity index (χ0n) is 10.9. The predicted octanol–water partition coefficient (Wildman–Crippen LogP) is 2.38. The summed E-state index contributed by atoms with van der Waals surface area (Å²) < 4.78 is 10.3. The van der Waals surface area contributed by atoms with Crippen LogP contribution in [0.4, 0.5) is 0 Å². The highest BCUT2D eigenvalue weighted by atomic mass is 16.7. The zero-order valence-corrected chi connectivity index (χ0v) is 10.9. The van der Waals surface area contributed by atoms with Crippen LogP contribution < -0.4 is 0 Å². The number of aliphatic hydroxyl groups is 1. The van der Waals surface area contributed by atoms with Gasteiger partial charge in [-0.15, -0.1) is 0 Å². The number of hydrogen-bond donors (Lipinski definition) is 2. The van der Waals surface area contributed by atoms with Gasteiger partial charge in [-0.2, -0.15) is 0 Å². The molecule has 1 unspecified atom stereocenters. The van der Waals surface area contributed by atoms with E-state index in [1.165, 1.54) is 0 Å². The SMILES string of the molecule is COC(CC(C)(O)c1cccc2[nH]ccc12)OC. The molecule has 0 saturated heterocycles. The third-order valence-corrected chi connectivity index (χ3v) is 3.27. The second-order valence-corrected chi connectivity index (χ2v) is 4.62. The van der Waals surface area contributed by atoms with Crippen molar-refractivity contribution in [3.05, 3.63) is 36.0 Å². The molecular weight excluding hydrogens is 230 g/mol. The Hall–Kier alpha value is -1.36. The molecule has 98 valence electrons. The summed E-state index contributed by atoms with van der Waals surface area (Å²) in [6.45, 7) is 1.78. The summed E-state index contributed by atoms with van der Waals surface area (Å²) in [7, 11) is 3.14. The van der Waals surface area contributed by atoms with Gasteiger partial charge in [-0.1, -0.05) is 12.1 Å². The summed E-state index contributed by atoms with van der Waals surface area (Å²) in [5, 5.41) is 11.7. The van der Waals surface area contributed by atoms with Crippen LogP contribution in [0.25, 0.3) is 10.9 Å². The summed E-state index contributed by atoms with van der Waals surface area (Å²) >= 11 is 0. The maximum atomic E-state index is 10.7. The van der Waals surface area contributed by atoms with E-state index in [9.17, 15) is 5.11 Å². The van der Waals surface area contributed by atoms with Crippen LogP contribution in [0.15, 0.2) is 30.5 Å². The Kier molecular flexibility index (Phi) is 3.71. The average molecular weight is 249 g/mol. The van der Waals surface area contributed by atoms with Crippen molar-refractivity contribution in [3.8, 4) is 0 Å². The molecule has 0 fully saturated rings. The highest BCUT2D eigenvalue weighted by Crippen LogP contribution is 2.32. The number of ether oxygens (including phenoxy) is 2. The molecule has 4 nitrogen and oxygen atoms in total. The van der Waals surface area contributed by atoms with Gasteiger partial charge in [-0.05, 0) is 24.6 Å². The van der Waals surface area contributed by atoms with Gasteiger partial charge in [-0.3, -0.25) is 0 Å². The number of methoxy groups -OCH3 is 2. The summed E-state index contributed by atoms with van der Waals surface area (Å²) in [5.74, 6) is 0. The fraction of sp³-hybridized carbons (Fsp3) is 0.429. The normalized spacial score (nSPS) is 15.2. The highest BCUT2D eigenvalue weighted by molar-refractivity contribution is 5.83. The van der Waals surface area contributed by atoms with Gasteiger partial charge in [0.05, 0.1) is 5.60 Å². The first-order chi connectivity index (χ1) is 8.58. The van der Waals surface area contributed by atoms with Crippen molar-refractivity contribution in [1.82, 2.24) is 4.98 Å². The first-order valence-electron chi connectivity index (χ1n) is 5.93. The first-order valence-corrected chi connectivity index (χ1v) is 5.93. The number of aromatic nitrogens is 1. The van der Waals surface area contributed by atoms with Gasteiger partial charge in [0.1, 0.15) is 0 Å². The molecule has 1 atom stereocenters. The molecule has 2 N–H and O–H groups in total. The molecular formula is C14H19NO3. The van der Waals surface area contributed by atoms with Crippen LogP contribution in [0, 0.1) is 0 Å². The quantitative estimate of drug-likeness (QED) is 0.800. The molecule has 18 heavy (non-hydrogen) atoms. The first kappa shape index (κ1) is 13.1. The molecule has 0 amide bonds. The Morgan fingerprint density at radius 1 is 1.28 bits per heavy atom. The van der Waals surface area contributed by atoms with Crippen molar-refractivity contribution >= 4 is 10.9 Å². The number of benzene rings is 1. The summed E-state index contributed by atoms with van der Waals surface area (Å²) in [5.41, 5.74) is 0.887. The van der Waals surface area contributed by atoms with Crippen molar-refractivity contribution in [2.45, 2.75) is 25.2 Å². The lowest BCUT2D eigenvalue weighted by molar-refractivity contribution is -0.141. The van der Waals surface area contributed by atoms with Crippen LogP contribution in [0.1, 0.15) is 18.9 Å². The van der Waals surface area contributed by atoms with E-state index in [4.69, 9.17) is 9.47 Å². The van der Waals surface area contributed by atoms with Gasteiger partial charge in [0.15, 0.2) is 6.29 Å². The summed E-state index contributed by atoms with van der Waals surface area (Å²) in [4.78, 5) is 3.14. The third kappa shape index (κ3) is 2.41. The second kappa shape index (κ2) is 5.10. The van der Waals surface area contributed by atoms with E-state index < -0.39 is 11.9 Å². The monoisotopic (exact) mass is 249 g/mol. The fourth-order valence-corrected chi connectivity index (χ4v) is 2.25. The maximum Gasteiger partial charge on any atom is 0.159 e. The summed E-state index contributed by atoms with van der Waals surface area (Å²) in [6, 6.07) is 7.81. The Morgan fingerprint density at radius 3 is 2.67 bits per heavy atom. The Labute approximate surface area is 107 Å². The topological polar surface area (TPSA) is 54.5 Å². The van der Waals surface area contributed by atoms with Crippen LogP contribution in [-0.2, 0) is 15.1 Å². The minimum absolute atomic E-state index is 0.379. The number of nitrogens with one attached hydrogen (secondary N) is 1. The van der Waals surface area contributed by atoms with Gasteiger partial charge in [0.2, 0.25) is 0 Å². The predicted molar refractivity (Wildman–Crippen MR) is 70.3 cm³/mol. The minimum atomic E-state index is -1.00. The molecule has 0 aliphatic carbocycles. The van der Waals surface area contributed by atoms with Crippen LogP contribution >= 0.6 is 0 Å². The van der Waals surface area contributed by atoms with Gasteiger partial charge in [0.25, 0.3) is 0 Å². The van der Waals surface area contributed by atoms with Gasteiger partial charge >= 0.3 is 0 Å². The van der Waals surface area contributed by atoms with Gasteiger partial charge in [-0.25, -0.2) is 0 Å². The Bertz CT molecular complexity index is 514. The Morgan fingerprint density at radius 2 is 2.00 bits per heavy atom. The molecule has 4 heteroatoms. The number of fused-ring (bicyclic) bond motifs is 1. The molecule has 0 bridgehead atoms. The highest BCUT2D eigenvalue weighted by Gasteiger charge is 2.29. The molecule has 2 aromatic rings. The lowest BCUT2D eigenvalue weighted by atomic mass is 9.90. The average Bonchev–Trinajstić information content (AvgIpc) is 2.83. The van der Waals surface area contributed by atoms with Crippen LogP contribution in [0.3, 0.4) is 0 Å². The van der Waals surface area contributed by atoms with E-state index in [0.29, 0.717) is 6.42 Å². The molecule has 0 radical (unpaired) electrons. The van der Waals surface area contributed by atoms with Crippen molar-refractivity contribution in [3.63, 3.8) is 0 Å². The molecule has 1 aromatic carbocycles. The van der Waals surface area contributed by atoms with E-state index in [2.05, 4.69) is 4.98 Å². The van der Waals surface area contributed by atoms with Crippen molar-refractivity contribution in [2.24, 2.45) is 0 Å². The molecule has 1 aromatic heterocycles. The van der Waals surface area contributed by atoms with Crippen LogP contribution in [0.5, 0.6) is 0 Å². The zero-order chi connectivity index (χ0) is 13.2. The maximum absolute atomic E-state index is 10.7. The third-order valence-electron chi connectivity index (χ3n) is 3.27. The van der Waals surface area contributed by atoms with Crippen molar-refractivity contribution in [1.29, 1.82) is 0 Å². The van der Waals surface area contributed by atoms with E-state index in [1.54, 1.807) is 21.1 Å². The smallest absolute Gasteiger partial charge is 0.159 e. The largest absolute Gasteiger partial charge is 0.385 e. The number of aromatic amines is 1. The lowest BCUT2D eigenvalue weighted by Crippen LogP contribution is -2.29. The van der Waals surface area contributed by atoms with Gasteiger partial charge in [0, 0.05) is 37.7 Å². The number of H-pyrrole nitrogens is 1. The minimum Gasteiger partial charge on any atom is -0.385 e. The molecule has 2 rings (SSSR count).